The molecule has 1 heterocycles. The number of anilines is 2. The van der Waals surface area contributed by atoms with Crippen LogP contribution in [0.15, 0.2) is 42.5 Å². The van der Waals surface area contributed by atoms with E-state index in [4.69, 9.17) is 11.6 Å². The fraction of sp³-hybridized carbons (Fsp3) is 0.300. The molecule has 1 aliphatic rings. The molecule has 2 amide bonds. The van der Waals surface area contributed by atoms with Crippen LogP contribution in [0, 0.1) is 5.92 Å². The zero-order valence-electron chi connectivity index (χ0n) is 15.8. The summed E-state index contributed by atoms with van der Waals surface area (Å²) < 4.78 is 25.4. The first-order valence-electron chi connectivity index (χ1n) is 8.88. The van der Waals surface area contributed by atoms with Crippen LogP contribution >= 0.6 is 11.6 Å². The van der Waals surface area contributed by atoms with Crippen LogP contribution in [-0.4, -0.2) is 26.0 Å². The fourth-order valence-corrected chi connectivity index (χ4v) is 5.11. The Kier molecular flexibility index (Phi) is 5.50. The molecule has 1 atom stereocenters. The van der Waals surface area contributed by atoms with Gasteiger partial charge >= 0.3 is 0 Å². The van der Waals surface area contributed by atoms with Gasteiger partial charge in [0.15, 0.2) is 0 Å². The van der Waals surface area contributed by atoms with Crippen LogP contribution in [-0.2, 0) is 14.8 Å². The molecule has 1 unspecified atom stereocenters. The van der Waals surface area contributed by atoms with Crippen molar-refractivity contribution in [1.82, 2.24) is 0 Å². The number of amides is 2. The van der Waals surface area contributed by atoms with Gasteiger partial charge < -0.3 is 5.32 Å². The second-order valence-corrected chi connectivity index (χ2v) is 9.45. The molecule has 6 nitrogen and oxygen atoms in total. The van der Waals surface area contributed by atoms with Gasteiger partial charge in [-0.1, -0.05) is 44.5 Å². The van der Waals surface area contributed by atoms with Gasteiger partial charge in [0.05, 0.1) is 22.4 Å². The summed E-state index contributed by atoms with van der Waals surface area (Å²) >= 11 is 6.14. The molecule has 1 aliphatic heterocycles. The molecule has 0 radical (unpaired) electrons. The molecule has 3 rings (SSSR count). The lowest BCUT2D eigenvalue weighted by Gasteiger charge is -2.18. The number of carbonyl (C=O) groups excluding carboxylic acids is 2. The molecule has 1 N–H and O–H groups in total. The van der Waals surface area contributed by atoms with E-state index >= 15 is 0 Å². The van der Waals surface area contributed by atoms with E-state index in [2.05, 4.69) is 19.2 Å². The van der Waals surface area contributed by atoms with Gasteiger partial charge in [0.1, 0.15) is 0 Å². The molecule has 28 heavy (non-hydrogen) atoms. The summed E-state index contributed by atoms with van der Waals surface area (Å²) in [5.74, 6) is -1.53. The molecular formula is C20H21ClN2O4S. The Morgan fingerprint density at radius 1 is 1.18 bits per heavy atom. The zero-order valence-corrected chi connectivity index (χ0v) is 17.3. The maximum Gasteiger partial charge on any atom is 0.255 e. The highest BCUT2D eigenvalue weighted by Crippen LogP contribution is 2.34. The number of halogens is 1. The Bertz CT molecular complexity index is 1030. The first-order chi connectivity index (χ1) is 13.1. The van der Waals surface area contributed by atoms with Crippen molar-refractivity contribution in [2.24, 2.45) is 5.92 Å². The van der Waals surface area contributed by atoms with E-state index in [1.165, 1.54) is 18.2 Å². The topological polar surface area (TPSA) is 83.6 Å². The summed E-state index contributed by atoms with van der Waals surface area (Å²) in [6.07, 6.45) is 0. The number of nitrogens with one attached hydrogen (secondary N) is 1. The molecule has 0 spiro atoms. The molecule has 1 saturated heterocycles. The molecule has 1 fully saturated rings. The van der Waals surface area contributed by atoms with E-state index in [9.17, 15) is 18.0 Å². The van der Waals surface area contributed by atoms with Crippen LogP contribution in [0.4, 0.5) is 11.4 Å². The highest BCUT2D eigenvalue weighted by Gasteiger charge is 2.43. The van der Waals surface area contributed by atoms with Crippen molar-refractivity contribution in [2.75, 3.05) is 15.4 Å². The minimum atomic E-state index is -3.81. The monoisotopic (exact) mass is 420 g/mol. The Hall–Kier alpha value is -2.38. The van der Waals surface area contributed by atoms with Crippen LogP contribution in [0.25, 0.3) is 0 Å². The summed E-state index contributed by atoms with van der Waals surface area (Å²) in [6.45, 7) is 5.71. The standard InChI is InChI=1S/C20H21ClN2O4S/c1-12(2)14-4-7-16(8-5-14)22-19(24)15-6-9-17(21)18(10-15)23-20(25)13(3)11-28(23,26)27/h4-10,12-13H,11H2,1-3H3,(H,22,24). The van der Waals surface area contributed by atoms with E-state index in [-0.39, 0.29) is 22.0 Å². The largest absolute Gasteiger partial charge is 0.322 e. The Balaban J connectivity index is 1.89. The SMILES string of the molecule is CC1CS(=O)(=O)N(c2cc(C(=O)Nc3ccc(C(C)C)cc3)ccc2Cl)C1=O. The van der Waals surface area contributed by atoms with Crippen molar-refractivity contribution in [1.29, 1.82) is 0 Å². The average Bonchev–Trinajstić information content (AvgIpc) is 2.83. The summed E-state index contributed by atoms with van der Waals surface area (Å²) in [4.78, 5) is 24.9. The lowest BCUT2D eigenvalue weighted by molar-refractivity contribution is -0.119. The van der Waals surface area contributed by atoms with Gasteiger partial charge in [-0.3, -0.25) is 9.59 Å². The quantitative estimate of drug-likeness (QED) is 0.809. The smallest absolute Gasteiger partial charge is 0.255 e. The second-order valence-electron chi connectivity index (χ2n) is 7.18. The number of hydrogen-bond acceptors (Lipinski definition) is 4. The van der Waals surface area contributed by atoms with Gasteiger partial charge in [-0.25, -0.2) is 12.7 Å². The van der Waals surface area contributed by atoms with Crippen molar-refractivity contribution < 1.29 is 18.0 Å². The minimum Gasteiger partial charge on any atom is -0.322 e. The highest BCUT2D eigenvalue weighted by molar-refractivity contribution is 7.94. The average molecular weight is 421 g/mol. The molecule has 0 saturated carbocycles. The van der Waals surface area contributed by atoms with Crippen molar-refractivity contribution in [3.63, 3.8) is 0 Å². The van der Waals surface area contributed by atoms with E-state index in [1.54, 1.807) is 19.1 Å². The van der Waals surface area contributed by atoms with Gasteiger partial charge in [0, 0.05) is 11.3 Å². The predicted molar refractivity (Wildman–Crippen MR) is 110 cm³/mol. The first kappa shape index (κ1) is 20.4. The van der Waals surface area contributed by atoms with Gasteiger partial charge in [0.25, 0.3) is 5.91 Å². The Morgan fingerprint density at radius 2 is 1.82 bits per heavy atom. The molecule has 0 bridgehead atoms. The van der Waals surface area contributed by atoms with Gasteiger partial charge in [-0.15, -0.1) is 0 Å². The van der Waals surface area contributed by atoms with Gasteiger partial charge in [-0.05, 0) is 41.8 Å². The number of carbonyl (C=O) groups is 2. The minimum absolute atomic E-state index is 0.00109. The van der Waals surface area contributed by atoms with Crippen molar-refractivity contribution in [3.8, 4) is 0 Å². The summed E-state index contributed by atoms with van der Waals surface area (Å²) in [5.41, 5.74) is 1.97. The molecule has 2 aromatic carbocycles. The van der Waals surface area contributed by atoms with Crippen molar-refractivity contribution in [2.45, 2.75) is 26.7 Å². The Morgan fingerprint density at radius 3 is 2.36 bits per heavy atom. The van der Waals surface area contributed by atoms with Crippen LogP contribution in [0.2, 0.25) is 5.02 Å². The lowest BCUT2D eigenvalue weighted by Crippen LogP contribution is -2.30. The number of sulfonamides is 1. The normalized spacial score (nSPS) is 18.5. The Labute approximate surface area is 169 Å². The summed E-state index contributed by atoms with van der Waals surface area (Å²) in [5, 5.41) is 2.85. The van der Waals surface area contributed by atoms with Gasteiger partial charge in [0.2, 0.25) is 15.9 Å². The van der Waals surface area contributed by atoms with Crippen LogP contribution < -0.4 is 9.62 Å². The number of nitrogens with zero attached hydrogens (tertiary/aromatic N) is 1. The van der Waals surface area contributed by atoms with Gasteiger partial charge in [-0.2, -0.15) is 0 Å². The molecule has 148 valence electrons. The summed E-state index contributed by atoms with van der Waals surface area (Å²) in [6, 6.07) is 11.7. The second kappa shape index (κ2) is 7.56. The summed E-state index contributed by atoms with van der Waals surface area (Å²) in [7, 11) is -3.81. The third-order valence-corrected chi connectivity index (χ3v) is 6.80. The molecule has 0 aliphatic carbocycles. The van der Waals surface area contributed by atoms with Crippen LogP contribution in [0.5, 0.6) is 0 Å². The molecule has 8 heteroatoms. The zero-order chi connectivity index (χ0) is 20.6. The molecule has 0 aromatic heterocycles. The third kappa shape index (κ3) is 3.91. The first-order valence-corrected chi connectivity index (χ1v) is 10.9. The van der Waals surface area contributed by atoms with E-state index < -0.39 is 27.8 Å². The number of rotatable bonds is 4. The maximum absolute atomic E-state index is 12.6. The van der Waals surface area contributed by atoms with Crippen molar-refractivity contribution >= 4 is 44.8 Å². The third-order valence-electron chi connectivity index (χ3n) is 4.62. The van der Waals surface area contributed by atoms with Crippen LogP contribution in [0.1, 0.15) is 42.6 Å². The maximum atomic E-state index is 12.6. The van der Waals surface area contributed by atoms with E-state index in [0.717, 1.165) is 5.56 Å². The van der Waals surface area contributed by atoms with Crippen molar-refractivity contribution in [3.05, 3.63) is 58.6 Å². The fourth-order valence-electron chi connectivity index (χ4n) is 3.03. The number of hydrogen-bond donors (Lipinski definition) is 1. The highest BCUT2D eigenvalue weighted by atomic mass is 35.5. The van der Waals surface area contributed by atoms with E-state index in [0.29, 0.717) is 15.9 Å². The number of benzene rings is 2. The predicted octanol–water partition coefficient (Wildman–Crippen LogP) is 4.03. The molecular weight excluding hydrogens is 400 g/mol. The lowest BCUT2D eigenvalue weighted by atomic mass is 10.0. The van der Waals surface area contributed by atoms with Crippen LogP contribution in [0.3, 0.4) is 0 Å². The van der Waals surface area contributed by atoms with E-state index in [1.807, 2.05) is 12.1 Å². The molecule has 2 aromatic rings.